The standard InChI is InChI=1S/C19H19NO4S/c1-3-24-17(21)12-25-19(13-8-10-14(23-2)11-9-13)16-7-5-4-6-15(16)18(22)20-19/h4-11H,3,12H2,1-2H3,(H,20,22)/t19-/m0/s1. The maximum atomic E-state index is 12.5. The Labute approximate surface area is 150 Å². The average Bonchev–Trinajstić information content (AvgIpc) is 2.94. The summed E-state index contributed by atoms with van der Waals surface area (Å²) in [6.45, 7) is 2.10. The molecule has 0 radical (unpaired) electrons. The van der Waals surface area contributed by atoms with E-state index in [-0.39, 0.29) is 17.6 Å². The number of methoxy groups -OCH3 is 1. The zero-order valence-corrected chi connectivity index (χ0v) is 14.9. The van der Waals surface area contributed by atoms with Crippen molar-refractivity contribution in [3.8, 4) is 5.75 Å². The van der Waals surface area contributed by atoms with Crippen LogP contribution in [0, 0.1) is 0 Å². The van der Waals surface area contributed by atoms with Crippen molar-refractivity contribution in [2.45, 2.75) is 11.8 Å². The van der Waals surface area contributed by atoms with Crippen LogP contribution in [0.5, 0.6) is 5.75 Å². The van der Waals surface area contributed by atoms with Crippen LogP contribution in [0.25, 0.3) is 0 Å². The summed E-state index contributed by atoms with van der Waals surface area (Å²) in [6, 6.07) is 14.9. The minimum Gasteiger partial charge on any atom is -0.497 e. The molecule has 2 aromatic carbocycles. The van der Waals surface area contributed by atoms with Crippen molar-refractivity contribution >= 4 is 23.6 Å². The molecule has 0 saturated carbocycles. The fourth-order valence-electron chi connectivity index (χ4n) is 2.90. The molecule has 5 nitrogen and oxygen atoms in total. The minimum atomic E-state index is -0.827. The van der Waals surface area contributed by atoms with Crippen LogP contribution in [-0.2, 0) is 14.4 Å². The predicted octanol–water partition coefficient (Wildman–Crippen LogP) is 2.94. The molecule has 25 heavy (non-hydrogen) atoms. The van der Waals surface area contributed by atoms with Crippen molar-refractivity contribution in [2.24, 2.45) is 0 Å². The number of fused-ring (bicyclic) bond motifs is 1. The van der Waals surface area contributed by atoms with Crippen molar-refractivity contribution in [1.82, 2.24) is 5.32 Å². The lowest BCUT2D eigenvalue weighted by atomic mass is 9.97. The van der Waals surface area contributed by atoms with E-state index in [0.717, 1.165) is 16.9 Å². The number of hydrogen-bond acceptors (Lipinski definition) is 5. The Kier molecular flexibility index (Phi) is 4.99. The summed E-state index contributed by atoms with van der Waals surface area (Å²) < 4.78 is 10.3. The normalized spacial score (nSPS) is 18.4. The average molecular weight is 357 g/mol. The summed E-state index contributed by atoms with van der Waals surface area (Å²) in [7, 11) is 1.60. The lowest BCUT2D eigenvalue weighted by Gasteiger charge is -2.30. The molecule has 1 amide bonds. The van der Waals surface area contributed by atoms with Crippen molar-refractivity contribution in [3.05, 3.63) is 65.2 Å². The second kappa shape index (κ2) is 7.19. The number of nitrogens with one attached hydrogen (secondary N) is 1. The second-order valence-electron chi connectivity index (χ2n) is 5.50. The Balaban J connectivity index is 2.03. The molecule has 130 valence electrons. The first-order valence-corrected chi connectivity index (χ1v) is 8.95. The number of thioether (sulfide) groups is 1. The van der Waals surface area contributed by atoms with Crippen LogP contribution >= 0.6 is 11.8 Å². The van der Waals surface area contributed by atoms with Crippen molar-refractivity contribution in [1.29, 1.82) is 0 Å². The summed E-state index contributed by atoms with van der Waals surface area (Å²) in [6.07, 6.45) is 0. The van der Waals surface area contributed by atoms with Gasteiger partial charge in [-0.3, -0.25) is 9.59 Å². The van der Waals surface area contributed by atoms with Crippen LogP contribution in [0.4, 0.5) is 0 Å². The van der Waals surface area contributed by atoms with Gasteiger partial charge in [0.25, 0.3) is 5.91 Å². The van der Waals surface area contributed by atoms with Crippen LogP contribution < -0.4 is 10.1 Å². The molecular weight excluding hydrogens is 338 g/mol. The van der Waals surface area contributed by atoms with Gasteiger partial charge in [0, 0.05) is 11.1 Å². The number of amides is 1. The fourth-order valence-corrected chi connectivity index (χ4v) is 4.12. The molecular formula is C19H19NO4S. The molecule has 1 heterocycles. The third-order valence-corrected chi connectivity index (χ3v) is 5.42. The van der Waals surface area contributed by atoms with Gasteiger partial charge >= 0.3 is 5.97 Å². The summed E-state index contributed by atoms with van der Waals surface area (Å²) in [5, 5.41) is 3.06. The summed E-state index contributed by atoms with van der Waals surface area (Å²) in [5.41, 5.74) is 2.34. The Morgan fingerprint density at radius 1 is 1.16 bits per heavy atom. The van der Waals surface area contributed by atoms with Gasteiger partial charge in [-0.15, -0.1) is 11.8 Å². The first-order chi connectivity index (χ1) is 12.1. The highest BCUT2D eigenvalue weighted by molar-refractivity contribution is 8.01. The molecule has 0 saturated heterocycles. The van der Waals surface area contributed by atoms with Crippen molar-refractivity contribution in [2.75, 3.05) is 19.5 Å². The van der Waals surface area contributed by atoms with Crippen molar-refractivity contribution in [3.63, 3.8) is 0 Å². The van der Waals surface area contributed by atoms with E-state index < -0.39 is 4.87 Å². The Bertz CT molecular complexity index is 790. The van der Waals surface area contributed by atoms with E-state index in [4.69, 9.17) is 9.47 Å². The summed E-state index contributed by atoms with van der Waals surface area (Å²) in [5.74, 6) is 0.405. The number of carbonyl (C=O) groups is 2. The van der Waals surface area contributed by atoms with E-state index >= 15 is 0 Å². The lowest BCUT2D eigenvalue weighted by molar-refractivity contribution is -0.139. The molecule has 0 aliphatic carbocycles. The van der Waals surface area contributed by atoms with Gasteiger partial charge in [-0.25, -0.2) is 0 Å². The third kappa shape index (κ3) is 3.22. The SMILES string of the molecule is CCOC(=O)CS[C@]1(c2ccc(OC)cc2)NC(=O)c2ccccc21. The molecule has 0 fully saturated rings. The largest absolute Gasteiger partial charge is 0.497 e. The van der Waals surface area contributed by atoms with Gasteiger partial charge in [0.2, 0.25) is 0 Å². The Hall–Kier alpha value is -2.47. The number of esters is 1. The van der Waals surface area contributed by atoms with Crippen LogP contribution in [0.2, 0.25) is 0 Å². The third-order valence-electron chi connectivity index (χ3n) is 4.05. The van der Waals surface area contributed by atoms with Crippen molar-refractivity contribution < 1.29 is 19.1 Å². The van der Waals surface area contributed by atoms with E-state index in [2.05, 4.69) is 5.32 Å². The van der Waals surface area contributed by atoms with Gasteiger partial charge in [0.15, 0.2) is 0 Å². The highest BCUT2D eigenvalue weighted by Gasteiger charge is 2.45. The molecule has 0 spiro atoms. The van der Waals surface area contributed by atoms with Gasteiger partial charge in [-0.1, -0.05) is 30.3 Å². The Morgan fingerprint density at radius 2 is 1.88 bits per heavy atom. The summed E-state index contributed by atoms with van der Waals surface area (Å²) >= 11 is 1.35. The molecule has 1 N–H and O–H groups in total. The van der Waals surface area contributed by atoms with Crippen LogP contribution in [0.15, 0.2) is 48.5 Å². The maximum absolute atomic E-state index is 12.5. The first kappa shape index (κ1) is 17.4. The number of benzene rings is 2. The minimum absolute atomic E-state index is 0.133. The summed E-state index contributed by atoms with van der Waals surface area (Å²) in [4.78, 5) is 23.5. The fraction of sp³-hybridized carbons (Fsp3) is 0.263. The van der Waals surface area contributed by atoms with E-state index in [1.54, 1.807) is 20.1 Å². The number of hydrogen-bond donors (Lipinski definition) is 1. The quantitative estimate of drug-likeness (QED) is 0.806. The highest BCUT2D eigenvalue weighted by Crippen LogP contribution is 2.46. The first-order valence-electron chi connectivity index (χ1n) is 7.97. The smallest absolute Gasteiger partial charge is 0.315 e. The molecule has 6 heteroatoms. The molecule has 2 aromatic rings. The lowest BCUT2D eigenvalue weighted by Crippen LogP contribution is -2.38. The second-order valence-corrected chi connectivity index (χ2v) is 6.69. The molecule has 0 aromatic heterocycles. The molecule has 1 aliphatic rings. The van der Waals surface area contributed by atoms with E-state index in [1.165, 1.54) is 11.8 Å². The highest BCUT2D eigenvalue weighted by atomic mass is 32.2. The number of carbonyl (C=O) groups excluding carboxylic acids is 2. The number of rotatable bonds is 6. The van der Waals surface area contributed by atoms with Gasteiger partial charge < -0.3 is 14.8 Å². The molecule has 1 aliphatic heterocycles. The number of ether oxygens (including phenoxy) is 2. The van der Waals surface area contributed by atoms with E-state index in [9.17, 15) is 9.59 Å². The molecule has 0 unspecified atom stereocenters. The molecule has 3 rings (SSSR count). The van der Waals surface area contributed by atoms with Gasteiger partial charge in [-0.2, -0.15) is 0 Å². The van der Waals surface area contributed by atoms with Crippen LogP contribution in [0.3, 0.4) is 0 Å². The van der Waals surface area contributed by atoms with Gasteiger partial charge in [0.05, 0.1) is 19.5 Å². The topological polar surface area (TPSA) is 64.6 Å². The van der Waals surface area contributed by atoms with E-state index in [1.807, 2.05) is 42.5 Å². The van der Waals surface area contributed by atoms with E-state index in [0.29, 0.717) is 12.2 Å². The Morgan fingerprint density at radius 3 is 2.56 bits per heavy atom. The van der Waals surface area contributed by atoms with Gasteiger partial charge in [0.1, 0.15) is 10.6 Å². The van der Waals surface area contributed by atoms with Crippen LogP contribution in [-0.4, -0.2) is 31.3 Å². The van der Waals surface area contributed by atoms with Crippen LogP contribution in [0.1, 0.15) is 28.4 Å². The monoisotopic (exact) mass is 357 g/mol. The predicted molar refractivity (Wildman–Crippen MR) is 96.8 cm³/mol. The maximum Gasteiger partial charge on any atom is 0.315 e. The zero-order valence-electron chi connectivity index (χ0n) is 14.1. The molecule has 0 bridgehead atoms. The molecule has 1 atom stereocenters. The van der Waals surface area contributed by atoms with Gasteiger partial charge in [-0.05, 0) is 30.7 Å². The zero-order chi connectivity index (χ0) is 17.9.